The zero-order chi connectivity index (χ0) is 27.6. The van der Waals surface area contributed by atoms with E-state index < -0.39 is 28.5 Å². The minimum atomic E-state index is -0.946. The van der Waals surface area contributed by atoms with Crippen LogP contribution in [-0.2, 0) is 14.3 Å². The number of allylic oxidation sites excluding steroid dienone is 1. The molecule has 0 N–H and O–H groups in total. The molecule has 1 aromatic heterocycles. The number of nitro groups is 1. The van der Waals surface area contributed by atoms with Crippen molar-refractivity contribution in [3.8, 4) is 11.5 Å². The molecule has 0 bridgehead atoms. The standard InChI is InChI=1S/C26H23N3O8S/c1-5-36-25(32)22-14(2)27-26-28(23(22)17-10-11-19(37-15(3)30)20(12-17)35-4)24(31)21(38-26)13-16-8-6-7-9-18(16)29(33)34/h6-13,23H,5H2,1-4H3/b21-13+/t23-/m0/s1. The predicted octanol–water partition coefficient (Wildman–Crippen LogP) is 2.64. The van der Waals surface area contributed by atoms with Crippen molar-refractivity contribution in [3.63, 3.8) is 0 Å². The fraction of sp³-hybridized carbons (Fsp3) is 0.231. The van der Waals surface area contributed by atoms with Gasteiger partial charge in [-0.3, -0.25) is 24.3 Å². The number of hydrogen-bond acceptors (Lipinski definition) is 10. The molecule has 1 aliphatic heterocycles. The first-order valence-corrected chi connectivity index (χ1v) is 12.3. The van der Waals surface area contributed by atoms with Gasteiger partial charge in [-0.2, -0.15) is 0 Å². The van der Waals surface area contributed by atoms with Crippen molar-refractivity contribution in [3.05, 3.63) is 94.7 Å². The van der Waals surface area contributed by atoms with Crippen molar-refractivity contribution >= 4 is 35.0 Å². The minimum absolute atomic E-state index is 0.110. The predicted molar refractivity (Wildman–Crippen MR) is 138 cm³/mol. The highest BCUT2D eigenvalue weighted by Crippen LogP contribution is 2.36. The zero-order valence-electron chi connectivity index (χ0n) is 20.9. The van der Waals surface area contributed by atoms with Gasteiger partial charge in [-0.15, -0.1) is 0 Å². The summed E-state index contributed by atoms with van der Waals surface area (Å²) in [6.45, 7) is 4.68. The first-order chi connectivity index (χ1) is 18.2. The largest absolute Gasteiger partial charge is 0.493 e. The van der Waals surface area contributed by atoms with Crippen LogP contribution < -0.4 is 24.4 Å². The molecule has 2 heterocycles. The number of para-hydroxylation sites is 1. The molecule has 0 amide bonds. The summed E-state index contributed by atoms with van der Waals surface area (Å²) in [5.41, 5.74) is 0.605. The molecule has 0 saturated heterocycles. The average Bonchev–Trinajstić information content (AvgIpc) is 3.17. The van der Waals surface area contributed by atoms with Crippen LogP contribution in [0.3, 0.4) is 0 Å². The number of methoxy groups -OCH3 is 1. The van der Waals surface area contributed by atoms with E-state index in [1.807, 2.05) is 0 Å². The molecular weight excluding hydrogens is 514 g/mol. The van der Waals surface area contributed by atoms with Gasteiger partial charge < -0.3 is 14.2 Å². The molecule has 11 nitrogen and oxygen atoms in total. The fourth-order valence-electron chi connectivity index (χ4n) is 4.12. The Kier molecular flexibility index (Phi) is 7.53. The van der Waals surface area contributed by atoms with Gasteiger partial charge >= 0.3 is 11.9 Å². The van der Waals surface area contributed by atoms with Crippen molar-refractivity contribution in [2.45, 2.75) is 26.8 Å². The van der Waals surface area contributed by atoms with Crippen molar-refractivity contribution in [1.29, 1.82) is 0 Å². The van der Waals surface area contributed by atoms with Crippen LogP contribution in [0.5, 0.6) is 11.5 Å². The molecule has 1 aliphatic rings. The van der Waals surface area contributed by atoms with Gasteiger partial charge in [0.2, 0.25) is 0 Å². The number of hydrogen-bond donors (Lipinski definition) is 0. The molecule has 38 heavy (non-hydrogen) atoms. The Balaban J connectivity index is 1.98. The Labute approximate surface area is 220 Å². The highest BCUT2D eigenvalue weighted by atomic mass is 32.1. The van der Waals surface area contributed by atoms with E-state index in [2.05, 4.69) is 4.99 Å². The smallest absolute Gasteiger partial charge is 0.338 e. The number of ether oxygens (including phenoxy) is 3. The number of nitrogens with zero attached hydrogens (tertiary/aromatic N) is 3. The highest BCUT2D eigenvalue weighted by Gasteiger charge is 2.34. The number of fused-ring (bicyclic) bond motifs is 1. The molecule has 0 saturated carbocycles. The first-order valence-electron chi connectivity index (χ1n) is 11.5. The Bertz CT molecular complexity index is 1670. The van der Waals surface area contributed by atoms with Gasteiger partial charge in [-0.1, -0.05) is 29.5 Å². The summed E-state index contributed by atoms with van der Waals surface area (Å²) in [5.74, 6) is -0.791. The number of carbonyl (C=O) groups is 2. The van der Waals surface area contributed by atoms with E-state index in [-0.39, 0.29) is 39.5 Å². The maximum Gasteiger partial charge on any atom is 0.338 e. The molecule has 2 aromatic carbocycles. The monoisotopic (exact) mass is 537 g/mol. The SMILES string of the molecule is CCOC(=O)C1=C(C)N=c2s/c(=C/c3ccccc3[N+](=O)[O-])c(=O)n2[C@H]1c1ccc(OC(C)=O)c(OC)c1. The van der Waals surface area contributed by atoms with E-state index in [1.165, 1.54) is 36.8 Å². The van der Waals surface area contributed by atoms with Gasteiger partial charge in [0.1, 0.15) is 0 Å². The lowest BCUT2D eigenvalue weighted by Crippen LogP contribution is -2.40. The van der Waals surface area contributed by atoms with Gasteiger partial charge in [0.05, 0.1) is 46.0 Å². The molecular formula is C26H23N3O8S. The maximum absolute atomic E-state index is 13.7. The molecule has 0 unspecified atom stereocenters. The second-order valence-electron chi connectivity index (χ2n) is 8.12. The van der Waals surface area contributed by atoms with Gasteiger partial charge in [0.15, 0.2) is 16.3 Å². The van der Waals surface area contributed by atoms with Crippen molar-refractivity contribution in [2.24, 2.45) is 4.99 Å². The fourth-order valence-corrected chi connectivity index (χ4v) is 5.15. The van der Waals surface area contributed by atoms with Crippen LogP contribution in [0.4, 0.5) is 5.69 Å². The van der Waals surface area contributed by atoms with Crippen LogP contribution in [0.2, 0.25) is 0 Å². The molecule has 196 valence electrons. The molecule has 0 spiro atoms. The summed E-state index contributed by atoms with van der Waals surface area (Å²) in [6.07, 6.45) is 1.44. The number of benzene rings is 2. The normalized spacial score (nSPS) is 14.9. The summed E-state index contributed by atoms with van der Waals surface area (Å²) < 4.78 is 17.4. The average molecular weight is 538 g/mol. The Morgan fingerprint density at radius 1 is 1.21 bits per heavy atom. The molecule has 12 heteroatoms. The Hall–Kier alpha value is -4.58. The third kappa shape index (κ3) is 4.98. The maximum atomic E-state index is 13.7. The lowest BCUT2D eigenvalue weighted by molar-refractivity contribution is -0.385. The molecule has 1 atom stereocenters. The van der Waals surface area contributed by atoms with Crippen LogP contribution in [0.15, 0.2) is 63.5 Å². The second kappa shape index (κ2) is 10.8. The molecule has 0 aliphatic carbocycles. The topological polar surface area (TPSA) is 139 Å². The molecule has 4 rings (SSSR count). The van der Waals surface area contributed by atoms with E-state index in [9.17, 15) is 24.5 Å². The number of esters is 2. The summed E-state index contributed by atoms with van der Waals surface area (Å²) in [6, 6.07) is 9.82. The van der Waals surface area contributed by atoms with Crippen LogP contribution in [0.25, 0.3) is 6.08 Å². The van der Waals surface area contributed by atoms with Crippen molar-refractivity contribution in [2.75, 3.05) is 13.7 Å². The highest BCUT2D eigenvalue weighted by molar-refractivity contribution is 7.07. The number of aromatic nitrogens is 1. The van der Waals surface area contributed by atoms with E-state index in [0.29, 0.717) is 16.1 Å². The Morgan fingerprint density at radius 3 is 2.61 bits per heavy atom. The van der Waals surface area contributed by atoms with Gasteiger partial charge in [0.25, 0.3) is 11.2 Å². The summed E-state index contributed by atoms with van der Waals surface area (Å²) >= 11 is 1.05. The lowest BCUT2D eigenvalue weighted by Gasteiger charge is -2.25. The van der Waals surface area contributed by atoms with Crippen molar-refractivity contribution in [1.82, 2.24) is 4.57 Å². The quantitative estimate of drug-likeness (QED) is 0.194. The number of rotatable bonds is 7. The number of nitro benzene ring substituents is 1. The summed E-state index contributed by atoms with van der Waals surface area (Å²) in [7, 11) is 1.40. The van der Waals surface area contributed by atoms with Crippen LogP contribution in [0, 0.1) is 10.1 Å². The first kappa shape index (κ1) is 26.5. The van der Waals surface area contributed by atoms with Gasteiger partial charge in [-0.25, -0.2) is 9.79 Å². The van der Waals surface area contributed by atoms with E-state index in [4.69, 9.17) is 14.2 Å². The second-order valence-corrected chi connectivity index (χ2v) is 9.13. The number of thiazole rings is 1. The zero-order valence-corrected chi connectivity index (χ0v) is 21.7. The molecule has 0 fully saturated rings. The molecule has 3 aromatic rings. The lowest BCUT2D eigenvalue weighted by atomic mass is 9.95. The number of carbonyl (C=O) groups excluding carboxylic acids is 2. The molecule has 0 radical (unpaired) electrons. The van der Waals surface area contributed by atoms with E-state index in [0.717, 1.165) is 11.3 Å². The van der Waals surface area contributed by atoms with Crippen LogP contribution >= 0.6 is 11.3 Å². The Morgan fingerprint density at radius 2 is 1.95 bits per heavy atom. The van der Waals surface area contributed by atoms with Crippen LogP contribution in [0.1, 0.15) is 37.9 Å². The summed E-state index contributed by atoms with van der Waals surface area (Å²) in [5, 5.41) is 11.5. The summed E-state index contributed by atoms with van der Waals surface area (Å²) in [4.78, 5) is 54.1. The third-order valence-corrected chi connectivity index (χ3v) is 6.68. The van der Waals surface area contributed by atoms with E-state index >= 15 is 0 Å². The van der Waals surface area contributed by atoms with Crippen molar-refractivity contribution < 1.29 is 28.7 Å². The minimum Gasteiger partial charge on any atom is -0.493 e. The third-order valence-electron chi connectivity index (χ3n) is 5.69. The van der Waals surface area contributed by atoms with E-state index in [1.54, 1.807) is 44.2 Å². The van der Waals surface area contributed by atoms with Gasteiger partial charge in [-0.05, 0) is 43.7 Å². The van der Waals surface area contributed by atoms with Crippen LogP contribution in [-0.4, -0.2) is 35.1 Å². The van der Waals surface area contributed by atoms with Gasteiger partial charge in [0, 0.05) is 13.0 Å².